The number of hydrogen-bond donors (Lipinski definition) is 1. The van der Waals surface area contributed by atoms with E-state index < -0.39 is 0 Å². The van der Waals surface area contributed by atoms with E-state index in [-0.39, 0.29) is 6.04 Å². The fourth-order valence-electron chi connectivity index (χ4n) is 2.85. The minimum absolute atomic E-state index is 0.106. The van der Waals surface area contributed by atoms with Crippen LogP contribution in [0.25, 0.3) is 0 Å². The lowest BCUT2D eigenvalue weighted by molar-refractivity contribution is 0.687. The fraction of sp³-hybridized carbons (Fsp3) is 0.353. The summed E-state index contributed by atoms with van der Waals surface area (Å²) < 4.78 is 0. The summed E-state index contributed by atoms with van der Waals surface area (Å²) in [7, 11) is 0. The fourth-order valence-corrected chi connectivity index (χ4v) is 2.85. The predicted molar refractivity (Wildman–Crippen MR) is 82.7 cm³/mol. The summed E-state index contributed by atoms with van der Waals surface area (Å²) in [5, 5.41) is 0. The maximum Gasteiger partial charge on any atom is 0.0444 e. The van der Waals surface area contributed by atoms with Gasteiger partial charge >= 0.3 is 0 Å². The minimum Gasteiger partial charge on any atom is -0.367 e. The summed E-state index contributed by atoms with van der Waals surface area (Å²) >= 11 is 0. The number of hydrogen-bond acceptors (Lipinski definition) is 3. The van der Waals surface area contributed by atoms with Crippen molar-refractivity contribution in [3.8, 4) is 0 Å². The third kappa shape index (κ3) is 2.68. The normalized spacial score (nSPS) is 15.8. The molecule has 1 aliphatic rings. The van der Waals surface area contributed by atoms with Crippen LogP contribution in [-0.2, 0) is 13.0 Å². The van der Waals surface area contributed by atoms with Crippen molar-refractivity contribution in [1.82, 2.24) is 4.98 Å². The highest BCUT2D eigenvalue weighted by atomic mass is 15.1. The zero-order valence-corrected chi connectivity index (χ0v) is 11.9. The van der Waals surface area contributed by atoms with Crippen LogP contribution in [0.1, 0.15) is 36.1 Å². The molecule has 3 heteroatoms. The number of rotatable bonds is 3. The van der Waals surface area contributed by atoms with Crippen LogP contribution in [0.3, 0.4) is 0 Å². The molecule has 1 aromatic carbocycles. The van der Waals surface area contributed by atoms with E-state index in [1.807, 2.05) is 25.4 Å². The van der Waals surface area contributed by atoms with E-state index in [9.17, 15) is 0 Å². The lowest BCUT2D eigenvalue weighted by Gasteiger charge is -2.32. The standard InChI is InChI=1S/C17H21N3/c1-13(18)15-6-7-17-16(10-15)5-3-9-20(17)12-14-4-2-8-19-11-14/h2,4,6-8,10-11,13H,3,5,9,12,18H2,1H3. The van der Waals surface area contributed by atoms with Gasteiger partial charge in [-0.1, -0.05) is 18.2 Å². The molecule has 3 rings (SSSR count). The highest BCUT2D eigenvalue weighted by Gasteiger charge is 2.17. The quantitative estimate of drug-likeness (QED) is 0.929. The van der Waals surface area contributed by atoms with E-state index in [1.54, 1.807) is 0 Å². The Labute approximate surface area is 120 Å². The highest BCUT2D eigenvalue weighted by Crippen LogP contribution is 2.30. The molecule has 0 saturated heterocycles. The second-order valence-corrected chi connectivity index (χ2v) is 5.56. The largest absolute Gasteiger partial charge is 0.367 e. The zero-order chi connectivity index (χ0) is 13.9. The molecule has 0 bridgehead atoms. The van der Waals surface area contributed by atoms with Gasteiger partial charge in [0.25, 0.3) is 0 Å². The van der Waals surface area contributed by atoms with E-state index in [0.29, 0.717) is 0 Å². The first-order chi connectivity index (χ1) is 9.74. The van der Waals surface area contributed by atoms with Gasteiger partial charge in [0.1, 0.15) is 0 Å². The monoisotopic (exact) mass is 267 g/mol. The SMILES string of the molecule is CC(N)c1ccc2c(c1)CCCN2Cc1cccnc1. The smallest absolute Gasteiger partial charge is 0.0444 e. The van der Waals surface area contributed by atoms with Crippen LogP contribution < -0.4 is 10.6 Å². The molecule has 1 aliphatic heterocycles. The Morgan fingerprint density at radius 3 is 3.00 bits per heavy atom. The topological polar surface area (TPSA) is 42.1 Å². The molecule has 0 radical (unpaired) electrons. The maximum atomic E-state index is 5.98. The average Bonchev–Trinajstić information content (AvgIpc) is 2.48. The molecule has 2 aromatic rings. The summed E-state index contributed by atoms with van der Waals surface area (Å²) in [6.45, 7) is 4.08. The average molecular weight is 267 g/mol. The van der Waals surface area contributed by atoms with Crippen LogP contribution in [0.5, 0.6) is 0 Å². The Kier molecular flexibility index (Phi) is 3.70. The van der Waals surface area contributed by atoms with Gasteiger partial charge in [0.05, 0.1) is 0 Å². The molecule has 0 amide bonds. The molecule has 3 nitrogen and oxygen atoms in total. The Bertz CT molecular complexity index is 578. The number of benzene rings is 1. The number of aromatic nitrogens is 1. The molecule has 0 saturated carbocycles. The molecule has 2 N–H and O–H groups in total. The molecule has 0 spiro atoms. The van der Waals surface area contributed by atoms with Crippen LogP contribution in [0.2, 0.25) is 0 Å². The van der Waals surface area contributed by atoms with Crippen LogP contribution in [0, 0.1) is 0 Å². The second kappa shape index (κ2) is 5.63. The van der Waals surface area contributed by atoms with Gasteiger partial charge < -0.3 is 10.6 Å². The maximum absolute atomic E-state index is 5.98. The number of anilines is 1. The van der Waals surface area contributed by atoms with E-state index in [1.165, 1.54) is 28.8 Å². The van der Waals surface area contributed by atoms with Gasteiger partial charge in [0.15, 0.2) is 0 Å². The zero-order valence-electron chi connectivity index (χ0n) is 11.9. The molecule has 1 aromatic heterocycles. The number of nitrogens with zero attached hydrogens (tertiary/aromatic N) is 2. The van der Waals surface area contributed by atoms with E-state index in [2.05, 4.69) is 34.1 Å². The van der Waals surface area contributed by atoms with E-state index >= 15 is 0 Å². The third-order valence-electron chi connectivity index (χ3n) is 3.94. The highest BCUT2D eigenvalue weighted by molar-refractivity contribution is 5.57. The number of fused-ring (bicyclic) bond motifs is 1. The summed E-state index contributed by atoms with van der Waals surface area (Å²) in [4.78, 5) is 6.65. The van der Waals surface area contributed by atoms with Crippen molar-refractivity contribution in [3.63, 3.8) is 0 Å². The minimum atomic E-state index is 0.106. The lowest BCUT2D eigenvalue weighted by Crippen LogP contribution is -2.29. The van der Waals surface area contributed by atoms with Crippen LogP contribution in [0.15, 0.2) is 42.7 Å². The van der Waals surface area contributed by atoms with Gasteiger partial charge in [-0.25, -0.2) is 0 Å². The summed E-state index contributed by atoms with van der Waals surface area (Å²) in [5.41, 5.74) is 11.2. The number of nitrogens with two attached hydrogens (primary N) is 1. The first-order valence-corrected chi connectivity index (χ1v) is 7.26. The van der Waals surface area contributed by atoms with Gasteiger partial charge in [-0.3, -0.25) is 4.98 Å². The third-order valence-corrected chi connectivity index (χ3v) is 3.94. The molecule has 1 atom stereocenters. The lowest BCUT2D eigenvalue weighted by atomic mass is 9.97. The van der Waals surface area contributed by atoms with E-state index in [0.717, 1.165) is 19.5 Å². The van der Waals surface area contributed by atoms with Crippen LogP contribution >= 0.6 is 0 Å². The molecule has 0 aliphatic carbocycles. The van der Waals surface area contributed by atoms with Crippen molar-refractivity contribution in [2.45, 2.75) is 32.4 Å². The van der Waals surface area contributed by atoms with Crippen molar-refractivity contribution in [2.75, 3.05) is 11.4 Å². The second-order valence-electron chi connectivity index (χ2n) is 5.56. The molecule has 20 heavy (non-hydrogen) atoms. The van der Waals surface area contributed by atoms with Crippen molar-refractivity contribution < 1.29 is 0 Å². The number of aryl methyl sites for hydroxylation is 1. The first kappa shape index (κ1) is 13.1. The van der Waals surface area contributed by atoms with E-state index in [4.69, 9.17) is 5.73 Å². The molecular formula is C17H21N3. The Morgan fingerprint density at radius 1 is 1.35 bits per heavy atom. The summed E-state index contributed by atoms with van der Waals surface area (Å²) in [6.07, 6.45) is 6.13. The van der Waals surface area contributed by atoms with Gasteiger partial charge in [-0.2, -0.15) is 0 Å². The van der Waals surface area contributed by atoms with Crippen molar-refractivity contribution in [2.24, 2.45) is 5.73 Å². The van der Waals surface area contributed by atoms with Gasteiger partial charge in [-0.05, 0) is 48.6 Å². The van der Waals surface area contributed by atoms with Gasteiger partial charge in [-0.15, -0.1) is 0 Å². The Hall–Kier alpha value is -1.87. The summed E-state index contributed by atoms with van der Waals surface area (Å²) in [6, 6.07) is 10.9. The first-order valence-electron chi connectivity index (χ1n) is 7.26. The summed E-state index contributed by atoms with van der Waals surface area (Å²) in [5.74, 6) is 0. The van der Waals surface area contributed by atoms with Gasteiger partial charge in [0.2, 0.25) is 0 Å². The van der Waals surface area contributed by atoms with Crippen LogP contribution in [0.4, 0.5) is 5.69 Å². The predicted octanol–water partition coefficient (Wildman–Crippen LogP) is 3.05. The Balaban J connectivity index is 1.86. The Morgan fingerprint density at radius 2 is 2.25 bits per heavy atom. The molecule has 1 unspecified atom stereocenters. The molecule has 2 heterocycles. The van der Waals surface area contributed by atoms with Gasteiger partial charge in [0, 0.05) is 37.2 Å². The van der Waals surface area contributed by atoms with Crippen LogP contribution in [-0.4, -0.2) is 11.5 Å². The van der Waals surface area contributed by atoms with Crippen molar-refractivity contribution in [1.29, 1.82) is 0 Å². The number of pyridine rings is 1. The molecule has 0 fully saturated rings. The molecular weight excluding hydrogens is 246 g/mol. The van der Waals surface area contributed by atoms with Crippen molar-refractivity contribution in [3.05, 3.63) is 59.4 Å². The van der Waals surface area contributed by atoms with Crippen molar-refractivity contribution >= 4 is 5.69 Å². The molecule has 104 valence electrons.